The molecule has 5 heteroatoms. The predicted molar refractivity (Wildman–Crippen MR) is 83.1 cm³/mol. The molecule has 1 aromatic heterocycles. The molecule has 0 bridgehead atoms. The quantitative estimate of drug-likeness (QED) is 0.922. The second-order valence-corrected chi connectivity index (χ2v) is 7.49. The van der Waals surface area contributed by atoms with E-state index in [1.165, 1.54) is 30.0 Å². The van der Waals surface area contributed by atoms with Gasteiger partial charge in [0.15, 0.2) is 14.9 Å². The topological polar surface area (TPSA) is 59.1 Å². The van der Waals surface area contributed by atoms with Gasteiger partial charge >= 0.3 is 0 Å². The Bertz CT molecular complexity index is 735. The fourth-order valence-electron chi connectivity index (χ4n) is 2.28. The minimum atomic E-state index is -3.23. The Labute approximate surface area is 125 Å². The van der Waals surface area contributed by atoms with E-state index in [-0.39, 0.29) is 5.03 Å². The van der Waals surface area contributed by atoms with Crippen molar-refractivity contribution in [2.45, 2.75) is 30.3 Å². The van der Waals surface area contributed by atoms with E-state index in [1.54, 1.807) is 12.3 Å². The van der Waals surface area contributed by atoms with Crippen LogP contribution in [0.25, 0.3) is 0 Å². The number of anilines is 1. The van der Waals surface area contributed by atoms with Gasteiger partial charge in [0.25, 0.3) is 0 Å². The molecule has 0 atom stereocenters. The van der Waals surface area contributed by atoms with Crippen LogP contribution in [-0.2, 0) is 16.4 Å². The van der Waals surface area contributed by atoms with Crippen molar-refractivity contribution < 1.29 is 8.42 Å². The maximum absolute atomic E-state index is 11.3. The van der Waals surface area contributed by atoms with Crippen LogP contribution in [-0.4, -0.2) is 19.7 Å². The second-order valence-electron chi connectivity index (χ2n) is 5.53. The third-order valence-electron chi connectivity index (χ3n) is 3.61. The van der Waals surface area contributed by atoms with E-state index in [2.05, 4.69) is 34.6 Å². The molecule has 2 aromatic rings. The summed E-state index contributed by atoms with van der Waals surface area (Å²) in [7, 11) is -3.23. The van der Waals surface area contributed by atoms with Crippen LogP contribution in [0.4, 0.5) is 5.69 Å². The Morgan fingerprint density at radius 3 is 2.67 bits per heavy atom. The highest BCUT2D eigenvalue weighted by Gasteiger charge is 2.23. The number of nitrogens with zero attached hydrogens (tertiary/aromatic N) is 1. The molecule has 110 valence electrons. The average molecular weight is 302 g/mol. The fraction of sp³-hybridized carbons (Fsp3) is 0.312. The molecule has 4 nitrogen and oxygen atoms in total. The van der Waals surface area contributed by atoms with Gasteiger partial charge < -0.3 is 5.32 Å². The SMILES string of the molecule is CS(=O)(=O)c1ccc(NCc2cccc(C3CC3)c2)cn1. The molecule has 21 heavy (non-hydrogen) atoms. The molecule has 1 N–H and O–H groups in total. The zero-order valence-corrected chi connectivity index (χ0v) is 12.7. The third kappa shape index (κ3) is 3.61. The molecule has 1 heterocycles. The predicted octanol–water partition coefficient (Wildman–Crippen LogP) is 2.97. The van der Waals surface area contributed by atoms with Crippen LogP contribution in [0.1, 0.15) is 29.9 Å². The van der Waals surface area contributed by atoms with Gasteiger partial charge in [-0.2, -0.15) is 0 Å². The minimum Gasteiger partial charge on any atom is -0.380 e. The van der Waals surface area contributed by atoms with Crippen LogP contribution in [0.2, 0.25) is 0 Å². The number of hydrogen-bond acceptors (Lipinski definition) is 4. The molecule has 3 rings (SSSR count). The highest BCUT2D eigenvalue weighted by Crippen LogP contribution is 2.40. The highest BCUT2D eigenvalue weighted by atomic mass is 32.2. The van der Waals surface area contributed by atoms with Crippen molar-refractivity contribution in [3.05, 3.63) is 53.7 Å². The average Bonchev–Trinajstić information content (AvgIpc) is 3.30. The van der Waals surface area contributed by atoms with Crippen LogP contribution in [0.3, 0.4) is 0 Å². The smallest absolute Gasteiger partial charge is 0.192 e. The molecule has 0 aliphatic heterocycles. The molecular formula is C16H18N2O2S. The molecule has 0 radical (unpaired) electrons. The first kappa shape index (κ1) is 14.1. The molecule has 1 aromatic carbocycles. The van der Waals surface area contributed by atoms with Crippen molar-refractivity contribution in [1.82, 2.24) is 4.98 Å². The Morgan fingerprint density at radius 1 is 1.24 bits per heavy atom. The van der Waals surface area contributed by atoms with E-state index >= 15 is 0 Å². The van der Waals surface area contributed by atoms with Gasteiger partial charge in [-0.3, -0.25) is 0 Å². The summed E-state index contributed by atoms with van der Waals surface area (Å²) in [5.41, 5.74) is 3.46. The monoisotopic (exact) mass is 302 g/mol. The number of rotatable bonds is 5. The van der Waals surface area contributed by atoms with Crippen LogP contribution < -0.4 is 5.32 Å². The zero-order chi connectivity index (χ0) is 14.9. The Hall–Kier alpha value is -1.88. The molecule has 0 spiro atoms. The number of aromatic nitrogens is 1. The van der Waals surface area contributed by atoms with Crippen LogP contribution in [0.5, 0.6) is 0 Å². The maximum atomic E-state index is 11.3. The van der Waals surface area contributed by atoms with E-state index in [0.29, 0.717) is 6.54 Å². The largest absolute Gasteiger partial charge is 0.380 e. The van der Waals surface area contributed by atoms with E-state index < -0.39 is 9.84 Å². The van der Waals surface area contributed by atoms with Crippen LogP contribution in [0, 0.1) is 0 Å². The lowest BCUT2D eigenvalue weighted by Crippen LogP contribution is -2.03. The molecule has 1 saturated carbocycles. The van der Waals surface area contributed by atoms with Crippen molar-refractivity contribution in [3.8, 4) is 0 Å². The highest BCUT2D eigenvalue weighted by molar-refractivity contribution is 7.90. The fourth-order valence-corrected chi connectivity index (χ4v) is 2.84. The van der Waals surface area contributed by atoms with E-state index in [0.717, 1.165) is 17.9 Å². The first-order valence-corrected chi connectivity index (χ1v) is 8.90. The van der Waals surface area contributed by atoms with Crippen molar-refractivity contribution in [2.75, 3.05) is 11.6 Å². The third-order valence-corrected chi connectivity index (χ3v) is 4.61. The summed E-state index contributed by atoms with van der Waals surface area (Å²) in [5, 5.41) is 3.37. The van der Waals surface area contributed by atoms with E-state index in [9.17, 15) is 8.42 Å². The summed E-state index contributed by atoms with van der Waals surface area (Å²) < 4.78 is 22.7. The van der Waals surface area contributed by atoms with Crippen molar-refractivity contribution in [1.29, 1.82) is 0 Å². The molecule has 1 aliphatic carbocycles. The molecule has 0 saturated heterocycles. The Kier molecular flexibility index (Phi) is 3.68. The molecule has 0 amide bonds. The first-order valence-electron chi connectivity index (χ1n) is 7.01. The van der Waals surface area contributed by atoms with Gasteiger partial charge in [-0.1, -0.05) is 24.3 Å². The molecule has 1 aliphatic rings. The van der Waals surface area contributed by atoms with Gasteiger partial charge in [0.1, 0.15) is 0 Å². The first-order chi connectivity index (χ1) is 10.0. The standard InChI is InChI=1S/C16H18N2O2S/c1-21(19,20)16-8-7-15(11-18-16)17-10-12-3-2-4-14(9-12)13-5-6-13/h2-4,7-9,11,13,17H,5-6,10H2,1H3. The van der Waals surface area contributed by atoms with Crippen molar-refractivity contribution in [2.24, 2.45) is 0 Å². The summed E-state index contributed by atoms with van der Waals surface area (Å²) in [6.07, 6.45) is 5.31. The normalized spacial score (nSPS) is 14.9. The summed E-state index contributed by atoms with van der Waals surface area (Å²) in [5.74, 6) is 0.751. The van der Waals surface area contributed by atoms with Gasteiger partial charge in [-0.05, 0) is 42.0 Å². The second kappa shape index (κ2) is 5.48. The summed E-state index contributed by atoms with van der Waals surface area (Å²) >= 11 is 0. The molecular weight excluding hydrogens is 284 g/mol. The summed E-state index contributed by atoms with van der Waals surface area (Å²) in [6, 6.07) is 11.9. The van der Waals surface area contributed by atoms with Crippen molar-refractivity contribution >= 4 is 15.5 Å². The van der Waals surface area contributed by atoms with Gasteiger partial charge in [0.05, 0.1) is 11.9 Å². The van der Waals surface area contributed by atoms with Gasteiger partial charge in [-0.15, -0.1) is 0 Å². The lowest BCUT2D eigenvalue weighted by Gasteiger charge is -2.08. The Balaban J connectivity index is 1.66. The number of sulfone groups is 1. The Morgan fingerprint density at radius 2 is 2.05 bits per heavy atom. The van der Waals surface area contributed by atoms with Gasteiger partial charge in [-0.25, -0.2) is 13.4 Å². The molecule has 1 fully saturated rings. The number of hydrogen-bond donors (Lipinski definition) is 1. The van der Waals surface area contributed by atoms with E-state index in [4.69, 9.17) is 0 Å². The number of nitrogens with one attached hydrogen (secondary N) is 1. The lowest BCUT2D eigenvalue weighted by atomic mass is 10.1. The van der Waals surface area contributed by atoms with Crippen LogP contribution in [0.15, 0.2) is 47.6 Å². The van der Waals surface area contributed by atoms with Gasteiger partial charge in [0.2, 0.25) is 0 Å². The van der Waals surface area contributed by atoms with Crippen LogP contribution >= 0.6 is 0 Å². The molecule has 0 unspecified atom stereocenters. The maximum Gasteiger partial charge on any atom is 0.192 e. The summed E-state index contributed by atoms with van der Waals surface area (Å²) in [6.45, 7) is 0.709. The van der Waals surface area contributed by atoms with E-state index in [1.807, 2.05) is 0 Å². The number of benzene rings is 1. The zero-order valence-electron chi connectivity index (χ0n) is 11.9. The number of pyridine rings is 1. The minimum absolute atomic E-state index is 0.101. The lowest BCUT2D eigenvalue weighted by molar-refractivity contribution is 0.598. The summed E-state index contributed by atoms with van der Waals surface area (Å²) in [4.78, 5) is 3.97. The van der Waals surface area contributed by atoms with Gasteiger partial charge in [0, 0.05) is 12.8 Å². The van der Waals surface area contributed by atoms with Crippen molar-refractivity contribution in [3.63, 3.8) is 0 Å².